The van der Waals surface area contributed by atoms with Gasteiger partial charge in [0.2, 0.25) is 10.0 Å². The van der Waals surface area contributed by atoms with Crippen molar-refractivity contribution in [3.05, 3.63) is 0 Å². The molecule has 0 aliphatic heterocycles. The number of carbonyl (C=O) groups is 1. The maximum absolute atomic E-state index is 11.8. The maximum Gasteiger partial charge on any atom is 0.329 e. The molecule has 24 heavy (non-hydrogen) atoms. The zero-order valence-corrected chi connectivity index (χ0v) is 15.5. The van der Waals surface area contributed by atoms with E-state index in [1.807, 2.05) is 0 Å². The summed E-state index contributed by atoms with van der Waals surface area (Å²) in [6, 6.07) is 0. The molecule has 0 radical (unpaired) electrons. The minimum Gasteiger partial charge on any atom is -0.480 e. The summed E-state index contributed by atoms with van der Waals surface area (Å²) in [6.07, 6.45) is 6.86. The van der Waals surface area contributed by atoms with Crippen LogP contribution in [0.15, 0.2) is 0 Å². The average molecular weight is 368 g/mol. The van der Waals surface area contributed by atoms with Crippen LogP contribution in [0.1, 0.15) is 64.7 Å². The number of aliphatic hydroxyl groups is 1. The summed E-state index contributed by atoms with van der Waals surface area (Å²) >= 11 is 0. The Morgan fingerprint density at radius 3 is 2.38 bits per heavy atom. The molecule has 0 fully saturated rings. The van der Waals surface area contributed by atoms with Crippen molar-refractivity contribution in [2.45, 2.75) is 70.8 Å². The van der Waals surface area contributed by atoms with E-state index in [0.29, 0.717) is 45.3 Å². The largest absolute Gasteiger partial charge is 0.480 e. The molecule has 3 N–H and O–H groups in total. The van der Waals surface area contributed by atoms with Crippen LogP contribution in [0, 0.1) is 0 Å². The van der Waals surface area contributed by atoms with Crippen LogP contribution < -0.4 is 4.72 Å². The normalized spacial score (nSPS) is 13.1. The Morgan fingerprint density at radius 1 is 1.08 bits per heavy atom. The van der Waals surface area contributed by atoms with Gasteiger partial charge in [-0.3, -0.25) is 0 Å². The first kappa shape index (κ1) is 23.3. The van der Waals surface area contributed by atoms with E-state index < -0.39 is 16.0 Å². The molecule has 0 aromatic rings. The Hall–Kier alpha value is -0.700. The van der Waals surface area contributed by atoms with Gasteiger partial charge in [0.05, 0.1) is 11.9 Å². The first-order valence-corrected chi connectivity index (χ1v) is 10.5. The summed E-state index contributed by atoms with van der Waals surface area (Å²) in [4.78, 5) is 10.2. The lowest BCUT2D eigenvalue weighted by atomic mass is 10.1. The fourth-order valence-corrected chi connectivity index (χ4v) is 3.42. The van der Waals surface area contributed by atoms with Gasteiger partial charge in [0.25, 0.3) is 0 Å². The third-order valence-electron chi connectivity index (χ3n) is 3.60. The SMILES string of the molecule is CCCCCC(O)CCCCS(=O)(=O)NCCCCOCC(=O)O. The van der Waals surface area contributed by atoms with Crippen molar-refractivity contribution in [1.82, 2.24) is 4.72 Å². The Labute approximate surface area is 145 Å². The lowest BCUT2D eigenvalue weighted by Gasteiger charge is -2.10. The number of rotatable bonds is 17. The van der Waals surface area contributed by atoms with Gasteiger partial charge >= 0.3 is 5.97 Å². The summed E-state index contributed by atoms with van der Waals surface area (Å²) in [5, 5.41) is 18.2. The highest BCUT2D eigenvalue weighted by molar-refractivity contribution is 7.89. The number of carboxylic acid groups (broad SMARTS) is 1. The molecule has 0 aliphatic rings. The predicted octanol–water partition coefficient (Wildman–Crippen LogP) is 1.90. The minimum absolute atomic E-state index is 0.0736. The van der Waals surface area contributed by atoms with Gasteiger partial charge in [-0.05, 0) is 38.5 Å². The van der Waals surface area contributed by atoms with E-state index >= 15 is 0 Å². The van der Waals surface area contributed by atoms with Gasteiger partial charge in [-0.1, -0.05) is 26.2 Å². The van der Waals surface area contributed by atoms with Crippen molar-refractivity contribution in [3.63, 3.8) is 0 Å². The summed E-state index contributed by atoms with van der Waals surface area (Å²) in [7, 11) is -3.27. The van der Waals surface area contributed by atoms with Gasteiger partial charge in [0.1, 0.15) is 6.61 Å². The van der Waals surface area contributed by atoms with E-state index in [9.17, 15) is 18.3 Å². The molecule has 0 saturated carbocycles. The second-order valence-corrected chi connectivity index (χ2v) is 7.94. The molecule has 0 saturated heterocycles. The molecular weight excluding hydrogens is 334 g/mol. The number of ether oxygens (including phenoxy) is 1. The van der Waals surface area contributed by atoms with Crippen molar-refractivity contribution in [3.8, 4) is 0 Å². The van der Waals surface area contributed by atoms with Gasteiger partial charge in [0, 0.05) is 13.2 Å². The van der Waals surface area contributed by atoms with Crippen LogP contribution >= 0.6 is 0 Å². The van der Waals surface area contributed by atoms with Crippen molar-refractivity contribution >= 4 is 16.0 Å². The third-order valence-corrected chi connectivity index (χ3v) is 5.07. The molecule has 0 aromatic heterocycles. The van der Waals surface area contributed by atoms with Crippen LogP contribution in [0.5, 0.6) is 0 Å². The fourth-order valence-electron chi connectivity index (χ4n) is 2.23. The van der Waals surface area contributed by atoms with Crippen LogP contribution in [0.2, 0.25) is 0 Å². The number of carboxylic acids is 1. The first-order chi connectivity index (χ1) is 11.4. The van der Waals surface area contributed by atoms with Crippen LogP contribution in [-0.2, 0) is 19.6 Å². The molecule has 0 aromatic carbocycles. The fraction of sp³-hybridized carbons (Fsp3) is 0.938. The highest BCUT2D eigenvalue weighted by Gasteiger charge is 2.10. The van der Waals surface area contributed by atoms with Crippen molar-refractivity contribution < 1.29 is 28.2 Å². The number of hydrogen-bond acceptors (Lipinski definition) is 5. The van der Waals surface area contributed by atoms with E-state index in [1.165, 1.54) is 0 Å². The Balaban J connectivity index is 3.56. The molecule has 7 nitrogen and oxygen atoms in total. The summed E-state index contributed by atoms with van der Waals surface area (Å²) in [5.74, 6) is -0.935. The van der Waals surface area contributed by atoms with Crippen LogP contribution in [0.3, 0.4) is 0 Å². The van der Waals surface area contributed by atoms with Gasteiger partial charge in [0.15, 0.2) is 0 Å². The van der Waals surface area contributed by atoms with E-state index in [0.717, 1.165) is 25.7 Å². The molecule has 144 valence electrons. The standard InChI is InChI=1S/C16H33NO6S/c1-2-3-4-9-15(18)10-5-8-13-24(21,22)17-11-6-7-12-23-14-16(19)20/h15,17-18H,2-14H2,1H3,(H,19,20). The Kier molecular flexibility index (Phi) is 14.2. The summed E-state index contributed by atoms with van der Waals surface area (Å²) in [6.45, 7) is 2.44. The van der Waals surface area contributed by atoms with Crippen LogP contribution in [0.4, 0.5) is 0 Å². The zero-order valence-electron chi connectivity index (χ0n) is 14.7. The molecule has 0 amide bonds. The number of aliphatic carboxylic acids is 1. The lowest BCUT2D eigenvalue weighted by Crippen LogP contribution is -2.27. The quantitative estimate of drug-likeness (QED) is 0.338. The lowest BCUT2D eigenvalue weighted by molar-refractivity contribution is -0.142. The molecular formula is C16H33NO6S. The molecule has 1 atom stereocenters. The molecule has 1 unspecified atom stereocenters. The Bertz CT molecular complexity index is 413. The highest BCUT2D eigenvalue weighted by atomic mass is 32.2. The number of unbranched alkanes of at least 4 members (excludes halogenated alkanes) is 4. The summed E-state index contributed by atoms with van der Waals surface area (Å²) in [5.41, 5.74) is 0. The molecule has 0 aliphatic carbocycles. The second kappa shape index (κ2) is 14.6. The number of nitrogens with one attached hydrogen (secondary N) is 1. The van der Waals surface area contributed by atoms with Crippen LogP contribution in [0.25, 0.3) is 0 Å². The third kappa shape index (κ3) is 16.2. The van der Waals surface area contributed by atoms with E-state index in [1.54, 1.807) is 0 Å². The monoisotopic (exact) mass is 367 g/mol. The summed E-state index contributed by atoms with van der Waals surface area (Å²) < 4.78 is 31.0. The van der Waals surface area contributed by atoms with Gasteiger partial charge in [-0.2, -0.15) is 0 Å². The molecule has 0 spiro atoms. The Morgan fingerprint density at radius 2 is 1.75 bits per heavy atom. The average Bonchev–Trinajstić information content (AvgIpc) is 2.50. The topological polar surface area (TPSA) is 113 Å². The number of hydrogen-bond donors (Lipinski definition) is 3. The molecule has 0 heterocycles. The van der Waals surface area contributed by atoms with Crippen molar-refractivity contribution in [2.75, 3.05) is 25.5 Å². The maximum atomic E-state index is 11.8. The van der Waals surface area contributed by atoms with E-state index in [2.05, 4.69) is 11.6 Å². The second-order valence-electron chi connectivity index (χ2n) is 6.01. The van der Waals surface area contributed by atoms with E-state index in [-0.39, 0.29) is 18.5 Å². The molecule has 0 rings (SSSR count). The van der Waals surface area contributed by atoms with Gasteiger partial charge in [-0.15, -0.1) is 0 Å². The highest BCUT2D eigenvalue weighted by Crippen LogP contribution is 2.10. The van der Waals surface area contributed by atoms with Gasteiger partial charge < -0.3 is 14.9 Å². The smallest absolute Gasteiger partial charge is 0.329 e. The first-order valence-electron chi connectivity index (χ1n) is 8.82. The molecule has 8 heteroatoms. The number of sulfonamides is 1. The van der Waals surface area contributed by atoms with Crippen LogP contribution in [-0.4, -0.2) is 56.2 Å². The van der Waals surface area contributed by atoms with Crippen molar-refractivity contribution in [2.24, 2.45) is 0 Å². The van der Waals surface area contributed by atoms with E-state index in [4.69, 9.17) is 9.84 Å². The van der Waals surface area contributed by atoms with Gasteiger partial charge in [-0.25, -0.2) is 17.9 Å². The molecule has 0 bridgehead atoms. The van der Waals surface area contributed by atoms with Crippen molar-refractivity contribution in [1.29, 1.82) is 0 Å². The predicted molar refractivity (Wildman–Crippen MR) is 93.5 cm³/mol. The minimum atomic E-state index is -3.27. The zero-order chi connectivity index (χ0) is 18.3. The number of aliphatic hydroxyl groups excluding tert-OH is 1.